The monoisotopic (exact) mass is 294 g/mol. The van der Waals surface area contributed by atoms with E-state index in [1.165, 1.54) is 6.33 Å². The molecule has 1 amide bonds. The zero-order valence-electron chi connectivity index (χ0n) is 13.5. The van der Waals surface area contributed by atoms with E-state index < -0.39 is 0 Å². The standard InChI is InChI=1S/C14H26N6O/c1-5-7-9-20(10-8-6-2)14(21)12-13(16-11-15-12)17-18-19(3)4/h11H,5-10H2,1-4H3,(H,15,16)/b18-17+. The van der Waals surface area contributed by atoms with Gasteiger partial charge in [-0.25, -0.2) is 4.98 Å². The van der Waals surface area contributed by atoms with Crippen molar-refractivity contribution >= 4 is 11.7 Å². The van der Waals surface area contributed by atoms with Gasteiger partial charge in [0.15, 0.2) is 5.69 Å². The van der Waals surface area contributed by atoms with E-state index in [0.29, 0.717) is 11.5 Å². The van der Waals surface area contributed by atoms with Crippen LogP contribution in [0, 0.1) is 0 Å². The molecule has 0 fully saturated rings. The fourth-order valence-corrected chi connectivity index (χ4v) is 1.82. The van der Waals surface area contributed by atoms with E-state index in [4.69, 9.17) is 0 Å². The molecule has 118 valence electrons. The molecule has 0 atom stereocenters. The normalized spacial score (nSPS) is 11.0. The third-order valence-electron chi connectivity index (χ3n) is 3.00. The number of unbranched alkanes of at least 4 members (excludes halogenated alkanes) is 2. The first-order chi connectivity index (χ1) is 10.1. The highest BCUT2D eigenvalue weighted by Crippen LogP contribution is 2.17. The molecule has 0 aliphatic carbocycles. The van der Waals surface area contributed by atoms with Gasteiger partial charge in [0, 0.05) is 27.2 Å². The fraction of sp³-hybridized carbons (Fsp3) is 0.714. The number of aromatic amines is 1. The van der Waals surface area contributed by atoms with Gasteiger partial charge in [-0.1, -0.05) is 31.9 Å². The highest BCUT2D eigenvalue weighted by Gasteiger charge is 2.20. The molecule has 0 saturated carbocycles. The van der Waals surface area contributed by atoms with E-state index in [0.717, 1.165) is 38.8 Å². The average molecular weight is 294 g/mol. The lowest BCUT2D eigenvalue weighted by molar-refractivity contribution is 0.0746. The first-order valence-electron chi connectivity index (χ1n) is 7.51. The first-order valence-corrected chi connectivity index (χ1v) is 7.51. The molecule has 0 radical (unpaired) electrons. The Balaban J connectivity index is 2.84. The van der Waals surface area contributed by atoms with E-state index in [9.17, 15) is 4.79 Å². The second-order valence-electron chi connectivity index (χ2n) is 5.14. The Kier molecular flexibility index (Phi) is 7.42. The van der Waals surface area contributed by atoms with Gasteiger partial charge in [-0.2, -0.15) is 0 Å². The number of carbonyl (C=O) groups is 1. The first kappa shape index (κ1) is 17.1. The molecule has 1 rings (SSSR count). The van der Waals surface area contributed by atoms with Crippen LogP contribution in [-0.4, -0.2) is 53.0 Å². The van der Waals surface area contributed by atoms with E-state index in [1.807, 2.05) is 4.90 Å². The van der Waals surface area contributed by atoms with Gasteiger partial charge in [0.05, 0.1) is 6.33 Å². The Bertz CT molecular complexity index is 446. The number of hydrogen-bond donors (Lipinski definition) is 1. The van der Waals surface area contributed by atoms with Crippen molar-refractivity contribution in [1.82, 2.24) is 19.9 Å². The molecule has 0 bridgehead atoms. The zero-order valence-corrected chi connectivity index (χ0v) is 13.5. The van der Waals surface area contributed by atoms with Crippen molar-refractivity contribution in [3.05, 3.63) is 12.0 Å². The van der Waals surface area contributed by atoms with Crippen LogP contribution >= 0.6 is 0 Å². The summed E-state index contributed by atoms with van der Waals surface area (Å²) in [7, 11) is 3.54. The Morgan fingerprint density at radius 3 is 2.38 bits per heavy atom. The topological polar surface area (TPSA) is 77.0 Å². The highest BCUT2D eigenvalue weighted by atomic mass is 16.2. The minimum Gasteiger partial charge on any atom is -0.339 e. The summed E-state index contributed by atoms with van der Waals surface area (Å²) in [5.41, 5.74) is 0.410. The van der Waals surface area contributed by atoms with E-state index >= 15 is 0 Å². The molecule has 0 unspecified atom stereocenters. The van der Waals surface area contributed by atoms with Gasteiger partial charge in [-0.3, -0.25) is 9.80 Å². The van der Waals surface area contributed by atoms with Crippen LogP contribution in [0.4, 0.5) is 5.82 Å². The Hall–Kier alpha value is -1.92. The van der Waals surface area contributed by atoms with Gasteiger partial charge in [0.2, 0.25) is 5.82 Å². The molecule has 1 N–H and O–H groups in total. The van der Waals surface area contributed by atoms with Crippen LogP contribution in [-0.2, 0) is 0 Å². The molecule has 7 heteroatoms. The fourth-order valence-electron chi connectivity index (χ4n) is 1.82. The lowest BCUT2D eigenvalue weighted by Gasteiger charge is -2.21. The summed E-state index contributed by atoms with van der Waals surface area (Å²) in [6, 6.07) is 0. The van der Waals surface area contributed by atoms with Gasteiger partial charge in [0.1, 0.15) is 0 Å². The van der Waals surface area contributed by atoms with Crippen molar-refractivity contribution in [3.8, 4) is 0 Å². The van der Waals surface area contributed by atoms with Crippen LogP contribution in [0.3, 0.4) is 0 Å². The summed E-state index contributed by atoms with van der Waals surface area (Å²) < 4.78 is 0. The van der Waals surface area contributed by atoms with Gasteiger partial charge >= 0.3 is 0 Å². The van der Waals surface area contributed by atoms with Crippen LogP contribution in [0.1, 0.15) is 50.0 Å². The lowest BCUT2D eigenvalue weighted by atomic mass is 10.2. The second-order valence-corrected chi connectivity index (χ2v) is 5.14. The van der Waals surface area contributed by atoms with Crippen LogP contribution in [0.25, 0.3) is 0 Å². The molecule has 0 aliphatic rings. The quantitative estimate of drug-likeness (QED) is 0.562. The number of imidazole rings is 1. The van der Waals surface area contributed by atoms with Crippen molar-refractivity contribution in [3.63, 3.8) is 0 Å². The number of hydrogen-bond acceptors (Lipinski definition) is 4. The summed E-state index contributed by atoms with van der Waals surface area (Å²) in [6.07, 6.45) is 5.60. The number of nitrogens with zero attached hydrogens (tertiary/aromatic N) is 5. The molecule has 7 nitrogen and oxygen atoms in total. The number of amides is 1. The summed E-state index contributed by atoms with van der Waals surface area (Å²) >= 11 is 0. The molecule has 1 aromatic heterocycles. The average Bonchev–Trinajstić information content (AvgIpc) is 2.93. The molecule has 0 spiro atoms. The number of nitrogens with one attached hydrogen (secondary N) is 1. The molecule has 1 aromatic rings. The maximum absolute atomic E-state index is 12.6. The summed E-state index contributed by atoms with van der Waals surface area (Å²) in [5, 5.41) is 9.45. The van der Waals surface area contributed by atoms with Crippen LogP contribution < -0.4 is 0 Å². The second kappa shape index (κ2) is 9.10. The third kappa shape index (κ3) is 5.53. The van der Waals surface area contributed by atoms with Crippen LogP contribution in [0.5, 0.6) is 0 Å². The molecular weight excluding hydrogens is 268 g/mol. The summed E-state index contributed by atoms with van der Waals surface area (Å²) in [5.74, 6) is 0.286. The van der Waals surface area contributed by atoms with Gasteiger partial charge in [-0.15, -0.1) is 5.11 Å². The van der Waals surface area contributed by atoms with Crippen molar-refractivity contribution < 1.29 is 4.79 Å². The largest absolute Gasteiger partial charge is 0.339 e. The van der Waals surface area contributed by atoms with Crippen molar-refractivity contribution in [2.45, 2.75) is 39.5 Å². The number of carbonyl (C=O) groups excluding carboxylic acids is 1. The van der Waals surface area contributed by atoms with Crippen LogP contribution in [0.15, 0.2) is 16.7 Å². The number of H-pyrrole nitrogens is 1. The molecule has 0 aliphatic heterocycles. The summed E-state index contributed by atoms with van der Waals surface area (Å²) in [4.78, 5) is 21.4. The van der Waals surface area contributed by atoms with Gasteiger partial charge in [0.25, 0.3) is 5.91 Å². The summed E-state index contributed by atoms with van der Waals surface area (Å²) in [6.45, 7) is 5.77. The maximum atomic E-state index is 12.6. The van der Waals surface area contributed by atoms with E-state index in [2.05, 4.69) is 34.2 Å². The zero-order chi connectivity index (χ0) is 15.7. The van der Waals surface area contributed by atoms with Gasteiger partial charge < -0.3 is 9.88 Å². The van der Waals surface area contributed by atoms with E-state index in [-0.39, 0.29) is 5.91 Å². The smallest absolute Gasteiger partial charge is 0.274 e. The molecular formula is C14H26N6O. The van der Waals surface area contributed by atoms with E-state index in [1.54, 1.807) is 19.1 Å². The highest BCUT2D eigenvalue weighted by molar-refractivity contribution is 5.96. The molecule has 1 heterocycles. The Morgan fingerprint density at radius 2 is 1.86 bits per heavy atom. The Labute approximate surface area is 126 Å². The number of aromatic nitrogens is 2. The molecule has 0 saturated heterocycles. The van der Waals surface area contributed by atoms with Crippen molar-refractivity contribution in [1.29, 1.82) is 0 Å². The molecule has 21 heavy (non-hydrogen) atoms. The third-order valence-corrected chi connectivity index (χ3v) is 3.00. The SMILES string of the molecule is CCCCN(CCCC)C(=O)c1[nH]cnc1/N=N/N(C)C. The predicted molar refractivity (Wildman–Crippen MR) is 82.5 cm³/mol. The minimum absolute atomic E-state index is 0.0536. The minimum atomic E-state index is -0.0536. The van der Waals surface area contributed by atoms with Gasteiger partial charge in [-0.05, 0) is 12.8 Å². The van der Waals surface area contributed by atoms with Crippen LogP contribution in [0.2, 0.25) is 0 Å². The number of rotatable bonds is 9. The van der Waals surface area contributed by atoms with Crippen molar-refractivity contribution in [2.24, 2.45) is 10.3 Å². The lowest BCUT2D eigenvalue weighted by Crippen LogP contribution is -2.33. The molecule has 0 aromatic carbocycles. The maximum Gasteiger partial charge on any atom is 0.274 e. The predicted octanol–water partition coefficient (Wildman–Crippen LogP) is 3.01. The Morgan fingerprint density at radius 1 is 1.24 bits per heavy atom. The van der Waals surface area contributed by atoms with Crippen molar-refractivity contribution in [2.75, 3.05) is 27.2 Å².